The Bertz CT molecular complexity index is 1390. The van der Waals surface area contributed by atoms with Crippen LogP contribution in [0.25, 0.3) is 16.0 Å². The molecule has 5 nitrogen and oxygen atoms in total. The lowest BCUT2D eigenvalue weighted by atomic mass is 9.95. The molecule has 1 amide bonds. The van der Waals surface area contributed by atoms with Crippen molar-refractivity contribution in [3.63, 3.8) is 0 Å². The maximum atomic E-state index is 13.2. The number of aryl methyl sites for hydroxylation is 2. The molecule has 1 N–H and O–H groups in total. The highest BCUT2D eigenvalue weighted by Crippen LogP contribution is 2.44. The number of rotatable bonds is 3. The molecule has 0 radical (unpaired) electrons. The van der Waals surface area contributed by atoms with Gasteiger partial charge in [0.1, 0.15) is 5.76 Å². The van der Waals surface area contributed by atoms with E-state index >= 15 is 0 Å². The minimum Gasteiger partial charge on any atom is -0.507 e. The summed E-state index contributed by atoms with van der Waals surface area (Å²) in [5.41, 5.74) is 4.21. The van der Waals surface area contributed by atoms with Gasteiger partial charge >= 0.3 is 5.91 Å². The molecular formula is C26H20N2O3S. The fourth-order valence-electron chi connectivity index (χ4n) is 3.97. The average Bonchev–Trinajstić information content (AvgIpc) is 3.32. The second-order valence-electron chi connectivity index (χ2n) is 7.91. The minimum absolute atomic E-state index is 0.0699. The number of amides is 1. The highest BCUT2D eigenvalue weighted by molar-refractivity contribution is 7.22. The third kappa shape index (κ3) is 3.29. The molecule has 1 aromatic heterocycles. The molecule has 0 saturated carbocycles. The van der Waals surface area contributed by atoms with Crippen LogP contribution in [0, 0.1) is 13.8 Å². The number of hydrogen-bond donors (Lipinski definition) is 1. The number of Topliss-reactive ketones (excluding diaryl/α,β-unsaturated/α-hetero) is 1. The molecule has 1 aliphatic rings. The van der Waals surface area contributed by atoms with Crippen LogP contribution in [0.15, 0.2) is 78.4 Å². The molecule has 1 saturated heterocycles. The molecule has 1 atom stereocenters. The van der Waals surface area contributed by atoms with Crippen molar-refractivity contribution in [3.05, 3.63) is 101 Å². The Kier molecular flexibility index (Phi) is 4.87. The van der Waals surface area contributed by atoms with E-state index in [1.54, 1.807) is 24.3 Å². The number of carbonyl (C=O) groups is 2. The summed E-state index contributed by atoms with van der Waals surface area (Å²) in [5.74, 6) is -1.59. The van der Waals surface area contributed by atoms with Crippen LogP contribution in [-0.2, 0) is 9.59 Å². The molecule has 0 bridgehead atoms. The molecule has 1 unspecified atom stereocenters. The second-order valence-corrected chi connectivity index (χ2v) is 8.92. The summed E-state index contributed by atoms with van der Waals surface area (Å²) in [6.45, 7) is 3.97. The third-order valence-electron chi connectivity index (χ3n) is 5.62. The number of fused-ring (bicyclic) bond motifs is 1. The fraction of sp³-hybridized carbons (Fsp3) is 0.115. The van der Waals surface area contributed by atoms with Crippen LogP contribution in [0.1, 0.15) is 28.3 Å². The van der Waals surface area contributed by atoms with Gasteiger partial charge in [0, 0.05) is 5.56 Å². The minimum atomic E-state index is -0.766. The van der Waals surface area contributed by atoms with Gasteiger partial charge in [-0.05, 0) is 37.1 Å². The number of anilines is 1. The first-order valence-electron chi connectivity index (χ1n) is 10.2. The number of ketones is 1. The lowest BCUT2D eigenvalue weighted by molar-refractivity contribution is -0.132. The smallest absolute Gasteiger partial charge is 0.301 e. The van der Waals surface area contributed by atoms with Crippen molar-refractivity contribution in [3.8, 4) is 0 Å². The fourth-order valence-corrected chi connectivity index (χ4v) is 5.06. The predicted molar refractivity (Wildman–Crippen MR) is 127 cm³/mol. The van der Waals surface area contributed by atoms with Gasteiger partial charge < -0.3 is 5.11 Å². The van der Waals surface area contributed by atoms with Crippen LogP contribution >= 0.6 is 11.3 Å². The van der Waals surface area contributed by atoms with E-state index in [1.165, 1.54) is 16.2 Å². The van der Waals surface area contributed by atoms with Crippen molar-refractivity contribution in [1.82, 2.24) is 4.98 Å². The first-order valence-corrected chi connectivity index (χ1v) is 11.1. The molecule has 3 aromatic carbocycles. The van der Waals surface area contributed by atoms with Crippen LogP contribution in [0.3, 0.4) is 0 Å². The van der Waals surface area contributed by atoms with Gasteiger partial charge in [-0.25, -0.2) is 4.98 Å². The van der Waals surface area contributed by atoms with Crippen molar-refractivity contribution in [2.75, 3.05) is 4.90 Å². The van der Waals surface area contributed by atoms with Crippen molar-refractivity contribution in [1.29, 1.82) is 0 Å². The number of aliphatic hydroxyl groups excluding tert-OH is 1. The zero-order valence-electron chi connectivity index (χ0n) is 17.6. The summed E-state index contributed by atoms with van der Waals surface area (Å²) < 4.78 is 0.938. The van der Waals surface area contributed by atoms with Crippen molar-refractivity contribution in [2.45, 2.75) is 19.9 Å². The van der Waals surface area contributed by atoms with Crippen LogP contribution < -0.4 is 4.90 Å². The summed E-state index contributed by atoms with van der Waals surface area (Å²) in [6.07, 6.45) is 0. The first-order chi connectivity index (χ1) is 15.4. The molecule has 0 aliphatic carbocycles. The summed E-state index contributed by atoms with van der Waals surface area (Å²) in [4.78, 5) is 32.5. The monoisotopic (exact) mass is 440 g/mol. The van der Waals surface area contributed by atoms with E-state index in [4.69, 9.17) is 0 Å². The Morgan fingerprint density at radius 1 is 0.938 bits per heavy atom. The van der Waals surface area contributed by atoms with Crippen LogP contribution in [-0.4, -0.2) is 21.8 Å². The second kappa shape index (κ2) is 7.73. The Labute approximate surface area is 189 Å². The van der Waals surface area contributed by atoms with Crippen molar-refractivity contribution in [2.24, 2.45) is 0 Å². The number of aromatic nitrogens is 1. The van der Waals surface area contributed by atoms with Gasteiger partial charge in [0.05, 0.1) is 21.8 Å². The van der Waals surface area contributed by atoms with E-state index in [9.17, 15) is 14.7 Å². The molecular weight excluding hydrogens is 420 g/mol. The topological polar surface area (TPSA) is 70.5 Å². The van der Waals surface area contributed by atoms with Gasteiger partial charge in [-0.2, -0.15) is 0 Å². The van der Waals surface area contributed by atoms with Gasteiger partial charge in [0.25, 0.3) is 5.78 Å². The van der Waals surface area contributed by atoms with Crippen LogP contribution in [0.4, 0.5) is 5.13 Å². The highest BCUT2D eigenvalue weighted by Gasteiger charge is 2.48. The van der Waals surface area contributed by atoms with Crippen molar-refractivity contribution >= 4 is 44.1 Å². The summed E-state index contributed by atoms with van der Waals surface area (Å²) in [5, 5.41) is 11.5. The zero-order chi connectivity index (χ0) is 22.4. The van der Waals surface area contributed by atoms with Gasteiger partial charge in [-0.1, -0.05) is 77.6 Å². The number of thiazole rings is 1. The van der Waals surface area contributed by atoms with Crippen LogP contribution in [0.2, 0.25) is 0 Å². The number of nitrogens with zero attached hydrogens (tertiary/aromatic N) is 2. The Hall–Kier alpha value is -3.77. The first kappa shape index (κ1) is 20.2. The van der Waals surface area contributed by atoms with E-state index < -0.39 is 17.7 Å². The standard InChI is InChI=1S/C26H20N2O3S/c1-15-8-11-17(12-9-15)22-21(23(29)18-6-4-3-5-7-18)24(30)25(31)28(22)26-27-19-13-10-16(2)14-20(19)32-26/h3-14,22,29H,1-2H3. The average molecular weight is 441 g/mol. The van der Waals surface area contributed by atoms with Crippen LogP contribution in [0.5, 0.6) is 0 Å². The predicted octanol–water partition coefficient (Wildman–Crippen LogP) is 5.54. The lowest BCUT2D eigenvalue weighted by Gasteiger charge is -2.23. The maximum absolute atomic E-state index is 13.2. The molecule has 1 aliphatic heterocycles. The Morgan fingerprint density at radius 2 is 1.62 bits per heavy atom. The van der Waals surface area contributed by atoms with Gasteiger partial charge in [-0.15, -0.1) is 0 Å². The van der Waals surface area contributed by atoms with E-state index in [0.717, 1.165) is 26.9 Å². The highest BCUT2D eigenvalue weighted by atomic mass is 32.1. The van der Waals surface area contributed by atoms with E-state index in [-0.39, 0.29) is 11.3 Å². The van der Waals surface area contributed by atoms with Gasteiger partial charge in [0.15, 0.2) is 5.13 Å². The Balaban J connectivity index is 1.73. The summed E-state index contributed by atoms with van der Waals surface area (Å²) in [7, 11) is 0. The molecule has 0 spiro atoms. The summed E-state index contributed by atoms with van der Waals surface area (Å²) in [6, 6.07) is 21.6. The molecule has 6 heteroatoms. The normalized spacial score (nSPS) is 17.9. The van der Waals surface area contributed by atoms with E-state index in [1.807, 2.05) is 62.4 Å². The van der Waals surface area contributed by atoms with Gasteiger partial charge in [-0.3, -0.25) is 14.5 Å². The SMILES string of the molecule is Cc1ccc(C2C(=C(O)c3ccccc3)C(=O)C(=O)N2c2nc3ccc(C)cc3s2)cc1. The third-order valence-corrected chi connectivity index (χ3v) is 6.64. The Morgan fingerprint density at radius 3 is 2.34 bits per heavy atom. The van der Waals surface area contributed by atoms with Gasteiger partial charge in [0.2, 0.25) is 0 Å². The maximum Gasteiger partial charge on any atom is 0.301 e. The zero-order valence-corrected chi connectivity index (χ0v) is 18.4. The molecule has 158 valence electrons. The molecule has 5 rings (SSSR count). The largest absolute Gasteiger partial charge is 0.507 e. The number of benzene rings is 3. The van der Waals surface area contributed by atoms with Crippen molar-refractivity contribution < 1.29 is 14.7 Å². The number of hydrogen-bond acceptors (Lipinski definition) is 5. The van der Waals surface area contributed by atoms with E-state index in [2.05, 4.69) is 4.98 Å². The molecule has 32 heavy (non-hydrogen) atoms. The number of aliphatic hydroxyl groups is 1. The lowest BCUT2D eigenvalue weighted by Crippen LogP contribution is -2.29. The molecule has 2 heterocycles. The molecule has 4 aromatic rings. The molecule has 1 fully saturated rings. The number of carbonyl (C=O) groups excluding carboxylic acids is 2. The van der Waals surface area contributed by atoms with E-state index in [0.29, 0.717) is 10.7 Å². The summed E-state index contributed by atoms with van der Waals surface area (Å²) >= 11 is 1.36. The quantitative estimate of drug-likeness (QED) is 0.258.